The summed E-state index contributed by atoms with van der Waals surface area (Å²) in [4.78, 5) is 39.9. The predicted molar refractivity (Wildman–Crippen MR) is 86.5 cm³/mol. The average Bonchev–Trinajstić information content (AvgIpc) is 3.15. The van der Waals surface area contributed by atoms with Gasteiger partial charge in [-0.15, -0.1) is 0 Å². The third kappa shape index (κ3) is 3.35. The molecular formula is C16H16N4O5. The summed E-state index contributed by atoms with van der Waals surface area (Å²) in [6.07, 6.45) is 5.64. The van der Waals surface area contributed by atoms with Gasteiger partial charge in [-0.1, -0.05) is 0 Å². The molecule has 0 bridgehead atoms. The van der Waals surface area contributed by atoms with Gasteiger partial charge in [0.25, 0.3) is 11.6 Å². The van der Waals surface area contributed by atoms with Crippen LogP contribution in [0, 0.1) is 16.0 Å². The number of carbonyl (C=O) groups is 2. The lowest BCUT2D eigenvalue weighted by molar-refractivity contribution is -0.384. The quantitative estimate of drug-likeness (QED) is 0.666. The molecule has 1 atom stereocenters. The van der Waals surface area contributed by atoms with E-state index in [1.807, 2.05) is 0 Å². The number of imidazole rings is 1. The number of nitrogens with zero attached hydrogens (tertiary/aromatic N) is 4. The van der Waals surface area contributed by atoms with Crippen molar-refractivity contribution < 1.29 is 19.6 Å². The minimum absolute atomic E-state index is 0.116. The van der Waals surface area contributed by atoms with Crippen LogP contribution in [-0.2, 0) is 4.79 Å². The summed E-state index contributed by atoms with van der Waals surface area (Å²) in [6.45, 7) is 0.560. The maximum absolute atomic E-state index is 12.6. The van der Waals surface area contributed by atoms with Gasteiger partial charge in [-0.25, -0.2) is 4.98 Å². The smallest absolute Gasteiger partial charge is 0.308 e. The number of amides is 1. The molecule has 0 saturated carbocycles. The van der Waals surface area contributed by atoms with Gasteiger partial charge in [0.1, 0.15) is 5.69 Å². The number of aromatic nitrogens is 2. The molecule has 1 N–H and O–H groups in total. The predicted octanol–water partition coefficient (Wildman–Crippen LogP) is 1.72. The lowest BCUT2D eigenvalue weighted by atomic mass is 9.97. The fraction of sp³-hybridized carbons (Fsp3) is 0.312. The minimum Gasteiger partial charge on any atom is -0.481 e. The van der Waals surface area contributed by atoms with E-state index in [2.05, 4.69) is 4.98 Å². The van der Waals surface area contributed by atoms with Crippen LogP contribution in [0.2, 0.25) is 0 Å². The van der Waals surface area contributed by atoms with E-state index in [1.54, 1.807) is 6.20 Å². The molecule has 9 heteroatoms. The molecule has 3 rings (SSSR count). The summed E-state index contributed by atoms with van der Waals surface area (Å²) < 4.78 is 1.49. The summed E-state index contributed by atoms with van der Waals surface area (Å²) in [5, 5.41) is 20.5. The highest BCUT2D eigenvalue weighted by Gasteiger charge is 2.29. The summed E-state index contributed by atoms with van der Waals surface area (Å²) in [6, 6.07) is 4.22. The van der Waals surface area contributed by atoms with Crippen LogP contribution >= 0.6 is 0 Å². The molecule has 1 saturated heterocycles. The molecule has 1 aromatic carbocycles. The Morgan fingerprint density at radius 1 is 1.36 bits per heavy atom. The van der Waals surface area contributed by atoms with E-state index >= 15 is 0 Å². The van der Waals surface area contributed by atoms with E-state index in [4.69, 9.17) is 5.11 Å². The topological polar surface area (TPSA) is 119 Å². The van der Waals surface area contributed by atoms with Crippen LogP contribution in [0.15, 0.2) is 36.9 Å². The number of carboxylic acid groups (broad SMARTS) is 1. The highest BCUT2D eigenvalue weighted by molar-refractivity contribution is 5.95. The Balaban J connectivity index is 1.90. The number of hydrogen-bond acceptors (Lipinski definition) is 5. The Bertz CT molecular complexity index is 818. The summed E-state index contributed by atoms with van der Waals surface area (Å²) in [5.74, 6) is -1.93. The first-order valence-corrected chi connectivity index (χ1v) is 7.76. The van der Waals surface area contributed by atoms with Gasteiger partial charge >= 0.3 is 5.97 Å². The first-order chi connectivity index (χ1) is 12.0. The van der Waals surface area contributed by atoms with Gasteiger partial charge in [0.2, 0.25) is 0 Å². The molecular weight excluding hydrogens is 328 g/mol. The number of hydrogen-bond donors (Lipinski definition) is 1. The molecule has 0 aliphatic carbocycles. The molecule has 2 aromatic rings. The number of benzene rings is 1. The Morgan fingerprint density at radius 2 is 2.16 bits per heavy atom. The van der Waals surface area contributed by atoms with E-state index < -0.39 is 22.7 Å². The van der Waals surface area contributed by atoms with Crippen LogP contribution in [0.25, 0.3) is 5.69 Å². The van der Waals surface area contributed by atoms with Gasteiger partial charge in [0, 0.05) is 37.1 Å². The van der Waals surface area contributed by atoms with Crippen LogP contribution in [0.5, 0.6) is 0 Å². The first-order valence-electron chi connectivity index (χ1n) is 7.76. The number of nitro benzene ring substituents is 1. The van der Waals surface area contributed by atoms with Crippen LogP contribution in [0.1, 0.15) is 23.2 Å². The maximum Gasteiger partial charge on any atom is 0.308 e. The Morgan fingerprint density at radius 3 is 2.80 bits per heavy atom. The lowest BCUT2D eigenvalue weighted by Crippen LogP contribution is -2.42. The molecule has 1 aromatic heterocycles. The van der Waals surface area contributed by atoms with Crippen LogP contribution in [0.4, 0.5) is 5.69 Å². The normalized spacial score (nSPS) is 17.3. The van der Waals surface area contributed by atoms with E-state index in [0.29, 0.717) is 25.1 Å². The Kier molecular flexibility index (Phi) is 4.46. The molecule has 1 aliphatic heterocycles. The van der Waals surface area contributed by atoms with Crippen LogP contribution in [-0.4, -0.2) is 49.4 Å². The molecule has 1 unspecified atom stereocenters. The van der Waals surface area contributed by atoms with Crippen molar-refractivity contribution in [3.63, 3.8) is 0 Å². The fourth-order valence-corrected chi connectivity index (χ4v) is 2.97. The third-order valence-electron chi connectivity index (χ3n) is 4.26. The van der Waals surface area contributed by atoms with E-state index in [0.717, 1.165) is 0 Å². The van der Waals surface area contributed by atoms with Crippen molar-refractivity contribution in [2.75, 3.05) is 13.1 Å². The van der Waals surface area contributed by atoms with Gasteiger partial charge in [-0.05, 0) is 25.0 Å². The average molecular weight is 344 g/mol. The van der Waals surface area contributed by atoms with Crippen molar-refractivity contribution in [2.45, 2.75) is 12.8 Å². The number of aliphatic carboxylic acids is 1. The van der Waals surface area contributed by atoms with Crippen LogP contribution in [0.3, 0.4) is 0 Å². The number of likely N-dealkylation sites (tertiary alicyclic amines) is 1. The molecule has 9 nitrogen and oxygen atoms in total. The largest absolute Gasteiger partial charge is 0.481 e. The zero-order chi connectivity index (χ0) is 18.0. The third-order valence-corrected chi connectivity index (χ3v) is 4.26. The Hall–Kier alpha value is -3.23. The minimum atomic E-state index is -0.932. The summed E-state index contributed by atoms with van der Waals surface area (Å²) >= 11 is 0. The highest BCUT2D eigenvalue weighted by Crippen LogP contribution is 2.26. The molecule has 1 fully saturated rings. The second-order valence-electron chi connectivity index (χ2n) is 5.86. The van der Waals surface area contributed by atoms with Crippen molar-refractivity contribution >= 4 is 17.6 Å². The van der Waals surface area contributed by atoms with Gasteiger partial charge in [0.05, 0.1) is 17.2 Å². The Labute approximate surface area is 142 Å². The van der Waals surface area contributed by atoms with Gasteiger partial charge in [0.15, 0.2) is 0 Å². The molecule has 25 heavy (non-hydrogen) atoms. The van der Waals surface area contributed by atoms with Crippen molar-refractivity contribution in [3.05, 3.63) is 52.6 Å². The van der Waals surface area contributed by atoms with Crippen molar-refractivity contribution in [1.82, 2.24) is 14.5 Å². The first kappa shape index (κ1) is 16.6. The van der Waals surface area contributed by atoms with Gasteiger partial charge in [-0.2, -0.15) is 0 Å². The number of nitro groups is 1. The summed E-state index contributed by atoms with van der Waals surface area (Å²) in [5.41, 5.74) is 0.262. The summed E-state index contributed by atoms with van der Waals surface area (Å²) in [7, 11) is 0. The number of carboxylic acids is 1. The number of piperidine rings is 1. The van der Waals surface area contributed by atoms with Gasteiger partial charge < -0.3 is 14.6 Å². The molecule has 2 heterocycles. The van der Waals surface area contributed by atoms with Crippen molar-refractivity contribution in [3.8, 4) is 5.69 Å². The van der Waals surface area contributed by atoms with E-state index in [1.165, 1.54) is 40.2 Å². The number of rotatable bonds is 4. The SMILES string of the molecule is O=C(O)C1CCCN(C(=O)c2ccc(-n3ccnc3)c([N+](=O)[O-])c2)C1. The second kappa shape index (κ2) is 6.71. The molecule has 0 radical (unpaired) electrons. The molecule has 0 spiro atoms. The monoisotopic (exact) mass is 344 g/mol. The maximum atomic E-state index is 12.6. The van der Waals surface area contributed by atoms with Crippen molar-refractivity contribution in [2.24, 2.45) is 5.92 Å². The molecule has 1 amide bonds. The fourth-order valence-electron chi connectivity index (χ4n) is 2.97. The standard InChI is InChI=1S/C16H16N4O5/c21-15(18-6-1-2-12(9-18)16(22)23)11-3-4-13(14(8-11)20(24)25)19-7-5-17-10-19/h3-5,7-8,10,12H,1-2,6,9H2,(H,22,23). The lowest BCUT2D eigenvalue weighted by Gasteiger charge is -2.30. The van der Waals surface area contributed by atoms with E-state index in [-0.39, 0.29) is 17.8 Å². The zero-order valence-electron chi connectivity index (χ0n) is 13.2. The second-order valence-corrected chi connectivity index (χ2v) is 5.86. The van der Waals surface area contributed by atoms with E-state index in [9.17, 15) is 19.7 Å². The van der Waals surface area contributed by atoms with Crippen molar-refractivity contribution in [1.29, 1.82) is 0 Å². The molecule has 130 valence electrons. The highest BCUT2D eigenvalue weighted by atomic mass is 16.6. The number of carbonyl (C=O) groups excluding carboxylic acids is 1. The zero-order valence-corrected chi connectivity index (χ0v) is 13.2. The molecule has 1 aliphatic rings. The van der Waals surface area contributed by atoms with Crippen LogP contribution < -0.4 is 0 Å². The van der Waals surface area contributed by atoms with Gasteiger partial charge in [-0.3, -0.25) is 19.7 Å².